The molecule has 7 heteroatoms. The fourth-order valence-corrected chi connectivity index (χ4v) is 4.91. The SMILES string of the molecule is Cc1c(F)ccc2cc(C(N)=NC(C)O)c(N3CCC(NC4CCCCC4)CC3)nc12. The Balaban J connectivity index is 1.60. The third kappa shape index (κ3) is 4.99. The van der Waals surface area contributed by atoms with Crippen LogP contribution in [0, 0.1) is 12.7 Å². The van der Waals surface area contributed by atoms with Gasteiger partial charge in [0.2, 0.25) is 0 Å². The minimum absolute atomic E-state index is 0.254. The Morgan fingerprint density at radius 2 is 1.87 bits per heavy atom. The van der Waals surface area contributed by atoms with E-state index in [1.54, 1.807) is 19.9 Å². The summed E-state index contributed by atoms with van der Waals surface area (Å²) in [5.74, 6) is 0.711. The van der Waals surface area contributed by atoms with E-state index < -0.39 is 6.23 Å². The molecule has 6 nitrogen and oxygen atoms in total. The summed E-state index contributed by atoms with van der Waals surface area (Å²) >= 11 is 0. The van der Waals surface area contributed by atoms with Gasteiger partial charge in [0.25, 0.3) is 0 Å². The van der Waals surface area contributed by atoms with E-state index in [4.69, 9.17) is 10.7 Å². The summed E-state index contributed by atoms with van der Waals surface area (Å²) in [6.07, 6.45) is 7.77. The maximum atomic E-state index is 14.2. The molecule has 4 N–H and O–H groups in total. The second-order valence-electron chi connectivity index (χ2n) is 9.01. The summed E-state index contributed by atoms with van der Waals surface area (Å²) in [6.45, 7) is 5.03. The van der Waals surface area contributed by atoms with Crippen molar-refractivity contribution >= 4 is 22.6 Å². The number of hydrogen-bond acceptors (Lipinski definition) is 5. The molecule has 1 aliphatic carbocycles. The highest BCUT2D eigenvalue weighted by Crippen LogP contribution is 2.29. The lowest BCUT2D eigenvalue weighted by atomic mass is 9.93. The van der Waals surface area contributed by atoms with E-state index in [1.165, 1.54) is 38.2 Å². The first-order valence-electron chi connectivity index (χ1n) is 11.5. The van der Waals surface area contributed by atoms with Crippen molar-refractivity contribution in [1.29, 1.82) is 0 Å². The zero-order chi connectivity index (χ0) is 22.0. The van der Waals surface area contributed by atoms with Crippen molar-refractivity contribution in [2.45, 2.75) is 77.1 Å². The minimum Gasteiger partial charge on any atom is -0.383 e. The molecule has 2 aromatic rings. The predicted molar refractivity (Wildman–Crippen MR) is 124 cm³/mol. The van der Waals surface area contributed by atoms with Gasteiger partial charge < -0.3 is 21.1 Å². The number of aromatic nitrogens is 1. The molecule has 1 unspecified atom stereocenters. The first-order chi connectivity index (χ1) is 14.9. The molecule has 31 heavy (non-hydrogen) atoms. The molecule has 168 valence electrons. The normalized spacial score (nSPS) is 20.4. The molecular formula is C24H34FN5O. The maximum absolute atomic E-state index is 14.2. The lowest BCUT2D eigenvalue weighted by Gasteiger charge is -2.37. The zero-order valence-corrected chi connectivity index (χ0v) is 18.6. The standard InChI is InChI=1S/C24H34FN5O/c1-15-21(25)9-8-17-14-20(23(26)27-16(2)31)24(29-22(15)17)30-12-10-19(11-13-30)28-18-6-4-3-5-7-18/h8-9,14,16,18-19,28,31H,3-7,10-13H2,1-2H3,(H2,26,27). The molecule has 1 saturated carbocycles. The quantitative estimate of drug-likeness (QED) is 0.501. The lowest BCUT2D eigenvalue weighted by Crippen LogP contribution is -2.47. The number of aliphatic hydroxyl groups excluding tert-OH is 1. The Morgan fingerprint density at radius 3 is 2.55 bits per heavy atom. The maximum Gasteiger partial charge on any atom is 0.144 e. The third-order valence-corrected chi connectivity index (χ3v) is 6.63. The number of halogens is 1. The molecule has 1 aromatic heterocycles. The predicted octanol–water partition coefficient (Wildman–Crippen LogP) is 3.62. The van der Waals surface area contributed by atoms with Crippen LogP contribution in [0.1, 0.15) is 63.0 Å². The van der Waals surface area contributed by atoms with Gasteiger partial charge in [0.05, 0.1) is 11.1 Å². The monoisotopic (exact) mass is 427 g/mol. The van der Waals surface area contributed by atoms with Crippen LogP contribution in [0.25, 0.3) is 10.9 Å². The molecule has 1 atom stereocenters. The average Bonchev–Trinajstić information content (AvgIpc) is 2.76. The van der Waals surface area contributed by atoms with Gasteiger partial charge in [-0.1, -0.05) is 19.3 Å². The molecule has 0 spiro atoms. The van der Waals surface area contributed by atoms with Crippen LogP contribution in [0.15, 0.2) is 23.2 Å². The van der Waals surface area contributed by atoms with E-state index in [0.29, 0.717) is 28.7 Å². The summed E-state index contributed by atoms with van der Waals surface area (Å²) < 4.78 is 14.2. The topological polar surface area (TPSA) is 86.8 Å². The van der Waals surface area contributed by atoms with Gasteiger partial charge in [0.15, 0.2) is 0 Å². The van der Waals surface area contributed by atoms with Crippen molar-refractivity contribution < 1.29 is 9.50 Å². The summed E-state index contributed by atoms with van der Waals surface area (Å²) in [6, 6.07) is 6.25. The number of nitrogens with one attached hydrogen (secondary N) is 1. The number of aryl methyl sites for hydroxylation is 1. The molecule has 2 aliphatic rings. The van der Waals surface area contributed by atoms with Gasteiger partial charge in [0.1, 0.15) is 23.7 Å². The first kappa shape index (κ1) is 22.0. The Kier molecular flexibility index (Phi) is 6.72. The number of anilines is 1. The summed E-state index contributed by atoms with van der Waals surface area (Å²) in [5.41, 5.74) is 8.12. The second-order valence-corrected chi connectivity index (χ2v) is 9.01. The summed E-state index contributed by atoms with van der Waals surface area (Å²) in [7, 11) is 0. The molecule has 2 fully saturated rings. The molecule has 0 amide bonds. The van der Waals surface area contributed by atoms with Crippen LogP contribution in [0.2, 0.25) is 0 Å². The van der Waals surface area contributed by atoms with E-state index in [-0.39, 0.29) is 11.7 Å². The van der Waals surface area contributed by atoms with Crippen molar-refractivity contribution in [3.05, 3.63) is 35.1 Å². The molecule has 0 bridgehead atoms. The van der Waals surface area contributed by atoms with Crippen LogP contribution >= 0.6 is 0 Å². The smallest absolute Gasteiger partial charge is 0.144 e. The van der Waals surface area contributed by atoms with Gasteiger partial charge >= 0.3 is 0 Å². The van der Waals surface area contributed by atoms with Crippen LogP contribution in [0.5, 0.6) is 0 Å². The van der Waals surface area contributed by atoms with Crippen LogP contribution in [0.4, 0.5) is 10.2 Å². The number of benzene rings is 1. The lowest BCUT2D eigenvalue weighted by molar-refractivity contribution is 0.205. The number of aliphatic hydroxyl groups is 1. The third-order valence-electron chi connectivity index (χ3n) is 6.63. The van der Waals surface area contributed by atoms with Gasteiger partial charge in [-0.05, 0) is 57.7 Å². The largest absolute Gasteiger partial charge is 0.383 e. The number of pyridine rings is 1. The average molecular weight is 428 g/mol. The zero-order valence-electron chi connectivity index (χ0n) is 18.6. The molecule has 2 heterocycles. The van der Waals surface area contributed by atoms with Gasteiger partial charge in [0, 0.05) is 36.1 Å². The number of rotatable bonds is 5. The highest BCUT2D eigenvalue weighted by atomic mass is 19.1. The Morgan fingerprint density at radius 1 is 1.19 bits per heavy atom. The van der Waals surface area contributed by atoms with E-state index in [0.717, 1.165) is 37.1 Å². The number of amidine groups is 1. The van der Waals surface area contributed by atoms with Crippen LogP contribution in [-0.2, 0) is 0 Å². The molecule has 1 aliphatic heterocycles. The van der Waals surface area contributed by atoms with Gasteiger partial charge in [-0.25, -0.2) is 14.4 Å². The Bertz CT molecular complexity index is 947. The first-order valence-corrected chi connectivity index (χ1v) is 11.5. The molecule has 0 radical (unpaired) electrons. The molecule has 1 saturated heterocycles. The van der Waals surface area contributed by atoms with Crippen molar-refractivity contribution in [3.63, 3.8) is 0 Å². The fourth-order valence-electron chi connectivity index (χ4n) is 4.91. The highest BCUT2D eigenvalue weighted by molar-refractivity contribution is 6.05. The fraction of sp³-hybridized carbons (Fsp3) is 0.583. The highest BCUT2D eigenvalue weighted by Gasteiger charge is 2.26. The molecular weight excluding hydrogens is 393 g/mol. The van der Waals surface area contributed by atoms with E-state index >= 15 is 0 Å². The van der Waals surface area contributed by atoms with Crippen LogP contribution in [-0.4, -0.2) is 47.3 Å². The van der Waals surface area contributed by atoms with Crippen molar-refractivity contribution in [2.75, 3.05) is 18.0 Å². The molecule has 1 aromatic carbocycles. The minimum atomic E-state index is -0.899. The van der Waals surface area contributed by atoms with Crippen LogP contribution < -0.4 is 16.0 Å². The Labute approximate surface area is 183 Å². The number of nitrogens with zero attached hydrogens (tertiary/aromatic N) is 3. The van der Waals surface area contributed by atoms with Crippen molar-refractivity contribution in [3.8, 4) is 0 Å². The summed E-state index contributed by atoms with van der Waals surface area (Å²) in [5, 5.41) is 14.4. The Hall–Kier alpha value is -2.25. The van der Waals surface area contributed by atoms with E-state index in [1.807, 2.05) is 6.07 Å². The van der Waals surface area contributed by atoms with Crippen molar-refractivity contribution in [2.24, 2.45) is 10.7 Å². The van der Waals surface area contributed by atoms with Crippen molar-refractivity contribution in [1.82, 2.24) is 10.3 Å². The van der Waals surface area contributed by atoms with Crippen LogP contribution in [0.3, 0.4) is 0 Å². The number of hydrogen-bond donors (Lipinski definition) is 3. The van der Waals surface area contributed by atoms with Gasteiger partial charge in [-0.2, -0.15) is 0 Å². The number of aliphatic imine (C=N–C) groups is 1. The van der Waals surface area contributed by atoms with Gasteiger partial charge in [-0.15, -0.1) is 0 Å². The van der Waals surface area contributed by atoms with E-state index in [9.17, 15) is 9.50 Å². The number of fused-ring (bicyclic) bond motifs is 1. The second kappa shape index (κ2) is 9.49. The summed E-state index contributed by atoms with van der Waals surface area (Å²) in [4.78, 5) is 11.2. The number of nitrogens with two attached hydrogens (primary N) is 1. The number of piperidine rings is 1. The van der Waals surface area contributed by atoms with Gasteiger partial charge in [-0.3, -0.25) is 0 Å². The molecule has 4 rings (SSSR count). The van der Waals surface area contributed by atoms with E-state index in [2.05, 4.69) is 15.2 Å².